The van der Waals surface area contributed by atoms with E-state index in [4.69, 9.17) is 0 Å². The van der Waals surface area contributed by atoms with Crippen molar-refractivity contribution in [3.63, 3.8) is 0 Å². The molecule has 11 heteroatoms. The standard InChI is InChI=1S/C16H12F3N5O3/c17-16(18,19)9-27-15-21-6-10(7-22-15)12-1-2-14(26)24(23-12)8-11-5-20-4-3-13(11)25/h1-7H,8-9H2,(H,20,25). The molecule has 140 valence electrons. The van der Waals surface area contributed by atoms with Crippen LogP contribution < -0.4 is 15.7 Å². The Morgan fingerprint density at radius 2 is 1.85 bits per heavy atom. The number of aromatic nitrogens is 5. The van der Waals surface area contributed by atoms with Crippen LogP contribution in [0.15, 0.2) is 52.6 Å². The zero-order valence-corrected chi connectivity index (χ0v) is 13.6. The first-order valence-electron chi connectivity index (χ1n) is 7.58. The number of nitrogens with one attached hydrogen (secondary N) is 1. The van der Waals surface area contributed by atoms with Crippen LogP contribution in [0.2, 0.25) is 0 Å². The Bertz CT molecular complexity index is 1040. The molecule has 0 aliphatic carbocycles. The van der Waals surface area contributed by atoms with Crippen LogP contribution in [-0.2, 0) is 6.54 Å². The zero-order chi connectivity index (χ0) is 19.4. The summed E-state index contributed by atoms with van der Waals surface area (Å²) in [5.41, 5.74) is 0.348. The number of aromatic amines is 1. The number of alkyl halides is 3. The van der Waals surface area contributed by atoms with E-state index in [0.717, 1.165) is 4.68 Å². The van der Waals surface area contributed by atoms with Gasteiger partial charge >= 0.3 is 12.2 Å². The van der Waals surface area contributed by atoms with Gasteiger partial charge in [0.2, 0.25) is 0 Å². The van der Waals surface area contributed by atoms with Gasteiger partial charge in [-0.05, 0) is 6.07 Å². The largest absolute Gasteiger partial charge is 0.454 e. The highest BCUT2D eigenvalue weighted by Gasteiger charge is 2.28. The number of ether oxygens (including phenoxy) is 1. The number of hydrogen-bond acceptors (Lipinski definition) is 6. The fraction of sp³-hybridized carbons (Fsp3) is 0.188. The van der Waals surface area contributed by atoms with Crippen LogP contribution in [0.25, 0.3) is 11.3 Å². The number of H-pyrrole nitrogens is 1. The lowest BCUT2D eigenvalue weighted by Gasteiger charge is -2.08. The minimum Gasteiger partial charge on any atom is -0.454 e. The summed E-state index contributed by atoms with van der Waals surface area (Å²) in [6.07, 6.45) is 0.905. The van der Waals surface area contributed by atoms with E-state index in [-0.39, 0.29) is 12.0 Å². The Balaban J connectivity index is 1.82. The summed E-state index contributed by atoms with van der Waals surface area (Å²) in [5, 5.41) is 4.14. The highest BCUT2D eigenvalue weighted by Crippen LogP contribution is 2.18. The summed E-state index contributed by atoms with van der Waals surface area (Å²) < 4.78 is 41.9. The van der Waals surface area contributed by atoms with Crippen molar-refractivity contribution in [3.05, 3.63) is 69.1 Å². The van der Waals surface area contributed by atoms with E-state index in [0.29, 0.717) is 16.8 Å². The van der Waals surface area contributed by atoms with Crippen molar-refractivity contribution < 1.29 is 17.9 Å². The van der Waals surface area contributed by atoms with Crippen molar-refractivity contribution in [1.82, 2.24) is 24.7 Å². The molecule has 0 spiro atoms. The molecule has 27 heavy (non-hydrogen) atoms. The van der Waals surface area contributed by atoms with Crippen LogP contribution in [0, 0.1) is 0 Å². The van der Waals surface area contributed by atoms with Gasteiger partial charge in [-0.1, -0.05) is 0 Å². The third kappa shape index (κ3) is 4.77. The first-order valence-corrected chi connectivity index (χ1v) is 7.58. The van der Waals surface area contributed by atoms with E-state index >= 15 is 0 Å². The van der Waals surface area contributed by atoms with Gasteiger partial charge in [0.05, 0.1) is 12.2 Å². The first-order chi connectivity index (χ1) is 12.8. The van der Waals surface area contributed by atoms with Crippen LogP contribution in [-0.4, -0.2) is 37.5 Å². The Hall–Kier alpha value is -3.50. The molecular formula is C16H12F3N5O3. The minimum atomic E-state index is -4.49. The number of rotatable bonds is 5. The molecule has 0 atom stereocenters. The molecule has 0 saturated carbocycles. The van der Waals surface area contributed by atoms with Gasteiger partial charge in [0.15, 0.2) is 12.0 Å². The van der Waals surface area contributed by atoms with Crippen molar-refractivity contribution in [2.45, 2.75) is 12.7 Å². The molecule has 0 radical (unpaired) electrons. The predicted molar refractivity (Wildman–Crippen MR) is 87.2 cm³/mol. The van der Waals surface area contributed by atoms with Crippen molar-refractivity contribution in [2.75, 3.05) is 6.61 Å². The van der Waals surface area contributed by atoms with Gasteiger partial charge in [-0.3, -0.25) is 9.59 Å². The molecule has 3 aromatic rings. The summed E-state index contributed by atoms with van der Waals surface area (Å²) in [5.74, 6) is 0. The molecule has 8 nitrogen and oxygen atoms in total. The lowest BCUT2D eigenvalue weighted by Crippen LogP contribution is -2.25. The molecule has 0 saturated heterocycles. The monoisotopic (exact) mass is 379 g/mol. The molecule has 0 fully saturated rings. The second-order valence-corrected chi connectivity index (χ2v) is 5.41. The molecule has 0 unspecified atom stereocenters. The smallest absolute Gasteiger partial charge is 0.422 e. The number of halogens is 3. The van der Waals surface area contributed by atoms with Crippen LogP contribution in [0.3, 0.4) is 0 Å². The summed E-state index contributed by atoms with van der Waals surface area (Å²) in [4.78, 5) is 33.9. The van der Waals surface area contributed by atoms with E-state index in [9.17, 15) is 22.8 Å². The number of nitrogens with zero attached hydrogens (tertiary/aromatic N) is 4. The summed E-state index contributed by atoms with van der Waals surface area (Å²) in [6.45, 7) is -1.54. The molecule has 3 heterocycles. The third-order valence-electron chi connectivity index (χ3n) is 3.38. The normalized spacial score (nSPS) is 11.4. The molecule has 0 aliphatic rings. The molecule has 0 aromatic carbocycles. The summed E-state index contributed by atoms with van der Waals surface area (Å²) >= 11 is 0. The van der Waals surface area contributed by atoms with E-state index < -0.39 is 24.4 Å². The average Bonchev–Trinajstić information content (AvgIpc) is 2.63. The number of pyridine rings is 1. The van der Waals surface area contributed by atoms with Crippen molar-refractivity contribution in [1.29, 1.82) is 0 Å². The highest BCUT2D eigenvalue weighted by molar-refractivity contribution is 5.55. The van der Waals surface area contributed by atoms with Gasteiger partial charge in [0, 0.05) is 48.0 Å². The minimum absolute atomic E-state index is 0.0452. The van der Waals surface area contributed by atoms with E-state index in [1.165, 1.54) is 43.0 Å². The lowest BCUT2D eigenvalue weighted by atomic mass is 10.2. The average molecular weight is 379 g/mol. The van der Waals surface area contributed by atoms with Crippen molar-refractivity contribution in [3.8, 4) is 17.3 Å². The summed E-state index contributed by atoms with van der Waals surface area (Å²) in [6, 6.07) is 3.58. The van der Waals surface area contributed by atoms with E-state index in [1.54, 1.807) is 0 Å². The maximum Gasteiger partial charge on any atom is 0.422 e. The summed E-state index contributed by atoms with van der Waals surface area (Å²) in [7, 11) is 0. The Morgan fingerprint density at radius 3 is 2.52 bits per heavy atom. The Morgan fingerprint density at radius 1 is 1.11 bits per heavy atom. The molecule has 0 aliphatic heterocycles. The van der Waals surface area contributed by atoms with Gasteiger partial charge < -0.3 is 9.72 Å². The maximum atomic E-state index is 12.1. The predicted octanol–water partition coefficient (Wildman–Crippen LogP) is 1.38. The fourth-order valence-electron chi connectivity index (χ4n) is 2.12. The highest BCUT2D eigenvalue weighted by atomic mass is 19.4. The van der Waals surface area contributed by atoms with E-state index in [1.807, 2.05) is 0 Å². The van der Waals surface area contributed by atoms with Crippen molar-refractivity contribution in [2.24, 2.45) is 0 Å². The fourth-order valence-corrected chi connectivity index (χ4v) is 2.12. The van der Waals surface area contributed by atoms with Gasteiger partial charge in [-0.15, -0.1) is 0 Å². The van der Waals surface area contributed by atoms with Gasteiger partial charge in [0.25, 0.3) is 5.56 Å². The van der Waals surface area contributed by atoms with Crippen LogP contribution in [0.5, 0.6) is 6.01 Å². The molecular weight excluding hydrogens is 367 g/mol. The Labute approximate surface area is 149 Å². The van der Waals surface area contributed by atoms with Crippen LogP contribution >= 0.6 is 0 Å². The SMILES string of the molecule is O=c1cc[nH]cc1Cn1nc(-c2cnc(OCC(F)(F)F)nc2)ccc1=O. The van der Waals surface area contributed by atoms with Gasteiger partial charge in [-0.25, -0.2) is 14.6 Å². The maximum absolute atomic E-state index is 12.1. The Kier molecular flexibility index (Phi) is 5.01. The quantitative estimate of drug-likeness (QED) is 0.719. The molecule has 3 aromatic heterocycles. The lowest BCUT2D eigenvalue weighted by molar-refractivity contribution is -0.154. The van der Waals surface area contributed by atoms with E-state index in [2.05, 4.69) is 24.8 Å². The zero-order valence-electron chi connectivity index (χ0n) is 13.6. The first kappa shape index (κ1) is 18.3. The van der Waals surface area contributed by atoms with Crippen molar-refractivity contribution >= 4 is 0 Å². The van der Waals surface area contributed by atoms with Crippen LogP contribution in [0.4, 0.5) is 13.2 Å². The number of hydrogen-bond donors (Lipinski definition) is 1. The third-order valence-corrected chi connectivity index (χ3v) is 3.38. The molecule has 3 rings (SSSR count). The molecule has 1 N–H and O–H groups in total. The van der Waals surface area contributed by atoms with Gasteiger partial charge in [0.1, 0.15) is 0 Å². The molecule has 0 amide bonds. The topological polar surface area (TPSA) is 103 Å². The molecule has 0 bridgehead atoms. The van der Waals surface area contributed by atoms with Gasteiger partial charge in [-0.2, -0.15) is 18.3 Å². The van der Waals surface area contributed by atoms with Crippen LogP contribution in [0.1, 0.15) is 5.56 Å². The second kappa shape index (κ2) is 7.40. The second-order valence-electron chi connectivity index (χ2n) is 5.41.